The molecule has 1 N–H and O–H groups in total. The van der Waals surface area contributed by atoms with Crippen LogP contribution in [-0.4, -0.2) is 40.4 Å². The van der Waals surface area contributed by atoms with Gasteiger partial charge in [-0.05, 0) is 38.1 Å². The van der Waals surface area contributed by atoms with E-state index in [1.807, 2.05) is 30.3 Å². The highest BCUT2D eigenvalue weighted by molar-refractivity contribution is 6.31. The van der Waals surface area contributed by atoms with Gasteiger partial charge in [-0.2, -0.15) is 0 Å². The molecule has 154 valence electrons. The third-order valence-electron chi connectivity index (χ3n) is 5.32. The van der Waals surface area contributed by atoms with Crippen molar-refractivity contribution in [2.45, 2.75) is 18.9 Å². The molecule has 5 nitrogen and oxygen atoms in total. The van der Waals surface area contributed by atoms with Gasteiger partial charge in [-0.25, -0.2) is 14.4 Å². The molecule has 0 bridgehead atoms. The molecule has 1 aromatic heterocycles. The molecule has 1 atom stereocenters. The summed E-state index contributed by atoms with van der Waals surface area (Å²) in [5, 5.41) is 3.27. The van der Waals surface area contributed by atoms with E-state index in [-0.39, 0.29) is 24.3 Å². The number of likely N-dealkylation sites (tertiary alicyclic amines) is 1. The van der Waals surface area contributed by atoms with Crippen LogP contribution in [0.25, 0.3) is 11.4 Å². The molecule has 1 aliphatic heterocycles. The Morgan fingerprint density at radius 2 is 1.77 bits per heavy atom. The zero-order valence-corrected chi connectivity index (χ0v) is 17.1. The number of halogens is 2. The monoisotopic (exact) mass is 424 g/mol. The van der Waals surface area contributed by atoms with Crippen molar-refractivity contribution >= 4 is 17.5 Å². The number of benzene rings is 2. The lowest BCUT2D eigenvalue weighted by molar-refractivity contribution is 0.0936. The molecular formula is C23H22ClFN4O. The topological polar surface area (TPSA) is 58.1 Å². The Morgan fingerprint density at radius 1 is 1.07 bits per heavy atom. The van der Waals surface area contributed by atoms with Crippen LogP contribution in [-0.2, 0) is 0 Å². The second-order valence-corrected chi connectivity index (χ2v) is 7.67. The highest BCUT2D eigenvalue weighted by atomic mass is 35.5. The summed E-state index contributed by atoms with van der Waals surface area (Å²) in [4.78, 5) is 23.4. The number of nitrogens with zero attached hydrogens (tertiary/aromatic N) is 3. The minimum Gasteiger partial charge on any atom is -0.350 e. The first-order chi connectivity index (χ1) is 14.6. The third-order valence-corrected chi connectivity index (χ3v) is 5.65. The SMILES string of the molecule is O=C(NCC(c1c(F)cccc1Cl)N1CCCC1)c1cnc(-c2ccccc2)nc1. The van der Waals surface area contributed by atoms with Crippen molar-refractivity contribution in [1.29, 1.82) is 0 Å². The maximum absolute atomic E-state index is 14.6. The van der Waals surface area contributed by atoms with E-state index in [4.69, 9.17) is 11.6 Å². The lowest BCUT2D eigenvalue weighted by Gasteiger charge is -2.29. The van der Waals surface area contributed by atoms with Crippen molar-refractivity contribution in [2.75, 3.05) is 19.6 Å². The standard InChI is InChI=1S/C23H22ClFN4O/c24-18-9-6-10-19(25)21(18)20(29-11-4-5-12-29)15-28-23(30)17-13-26-22(27-14-17)16-7-2-1-3-8-16/h1-3,6-10,13-14,20H,4-5,11-12,15H2,(H,28,30). The van der Waals surface area contributed by atoms with Gasteiger partial charge < -0.3 is 5.32 Å². The van der Waals surface area contributed by atoms with Gasteiger partial charge in [0.2, 0.25) is 0 Å². The van der Waals surface area contributed by atoms with Gasteiger partial charge in [-0.1, -0.05) is 48.0 Å². The first-order valence-electron chi connectivity index (χ1n) is 9.97. The van der Waals surface area contributed by atoms with E-state index >= 15 is 0 Å². The summed E-state index contributed by atoms with van der Waals surface area (Å²) in [7, 11) is 0. The quantitative estimate of drug-likeness (QED) is 0.632. The van der Waals surface area contributed by atoms with E-state index in [0.717, 1.165) is 31.5 Å². The maximum atomic E-state index is 14.6. The molecule has 7 heteroatoms. The van der Waals surface area contributed by atoms with Gasteiger partial charge >= 0.3 is 0 Å². The van der Waals surface area contributed by atoms with Crippen LogP contribution in [0.2, 0.25) is 5.02 Å². The molecule has 2 heterocycles. The number of hydrogen-bond acceptors (Lipinski definition) is 4. The molecule has 1 fully saturated rings. The van der Waals surface area contributed by atoms with E-state index < -0.39 is 0 Å². The first kappa shape index (κ1) is 20.4. The van der Waals surface area contributed by atoms with E-state index in [1.165, 1.54) is 18.5 Å². The molecule has 3 aromatic rings. The average molecular weight is 425 g/mol. The Balaban J connectivity index is 1.49. The van der Waals surface area contributed by atoms with Crippen LogP contribution >= 0.6 is 11.6 Å². The smallest absolute Gasteiger partial charge is 0.254 e. The number of rotatable bonds is 6. The summed E-state index contributed by atoms with van der Waals surface area (Å²) in [6, 6.07) is 13.9. The predicted octanol–water partition coefficient (Wildman–Crippen LogP) is 4.50. The Labute approximate surface area is 179 Å². The van der Waals surface area contributed by atoms with Crippen LogP contribution in [0.4, 0.5) is 4.39 Å². The van der Waals surface area contributed by atoms with Gasteiger partial charge in [0.25, 0.3) is 5.91 Å². The van der Waals surface area contributed by atoms with Crippen LogP contribution in [0.5, 0.6) is 0 Å². The molecule has 1 aliphatic rings. The summed E-state index contributed by atoms with van der Waals surface area (Å²) >= 11 is 6.31. The molecule has 1 saturated heterocycles. The lowest BCUT2D eigenvalue weighted by Crippen LogP contribution is -2.37. The summed E-state index contributed by atoms with van der Waals surface area (Å²) in [5.74, 6) is -0.101. The predicted molar refractivity (Wildman–Crippen MR) is 115 cm³/mol. The Morgan fingerprint density at radius 3 is 2.43 bits per heavy atom. The number of amides is 1. The van der Waals surface area contributed by atoms with E-state index in [9.17, 15) is 9.18 Å². The molecule has 0 spiro atoms. The number of aromatic nitrogens is 2. The molecule has 4 rings (SSSR count). The molecule has 0 saturated carbocycles. The van der Waals surface area contributed by atoms with Gasteiger partial charge in [0.15, 0.2) is 5.82 Å². The summed E-state index contributed by atoms with van der Waals surface area (Å²) in [6.07, 6.45) is 5.10. The zero-order chi connectivity index (χ0) is 20.9. The van der Waals surface area contributed by atoms with Gasteiger partial charge in [-0.3, -0.25) is 9.69 Å². The second-order valence-electron chi connectivity index (χ2n) is 7.27. The van der Waals surface area contributed by atoms with Crippen LogP contribution in [0, 0.1) is 5.82 Å². The Hall–Kier alpha value is -2.83. The van der Waals surface area contributed by atoms with Crippen molar-refractivity contribution < 1.29 is 9.18 Å². The molecule has 1 amide bonds. The fourth-order valence-electron chi connectivity index (χ4n) is 3.77. The normalized spacial score (nSPS) is 15.1. The van der Waals surface area contributed by atoms with Crippen LogP contribution in [0.3, 0.4) is 0 Å². The van der Waals surface area contributed by atoms with Crippen molar-refractivity contribution in [3.05, 3.63) is 82.9 Å². The molecule has 2 aromatic carbocycles. The van der Waals surface area contributed by atoms with Crippen molar-refractivity contribution in [3.8, 4) is 11.4 Å². The number of carbonyl (C=O) groups is 1. The fourth-order valence-corrected chi connectivity index (χ4v) is 4.06. The maximum Gasteiger partial charge on any atom is 0.254 e. The van der Waals surface area contributed by atoms with Crippen LogP contribution < -0.4 is 5.32 Å². The average Bonchev–Trinajstić information content (AvgIpc) is 3.31. The second kappa shape index (κ2) is 9.32. The number of nitrogens with one attached hydrogen (secondary N) is 1. The lowest BCUT2D eigenvalue weighted by atomic mass is 10.0. The first-order valence-corrected chi connectivity index (χ1v) is 10.3. The summed E-state index contributed by atoms with van der Waals surface area (Å²) in [5.41, 5.74) is 1.67. The molecule has 30 heavy (non-hydrogen) atoms. The molecule has 1 unspecified atom stereocenters. The minimum absolute atomic E-state index is 0.250. The fraction of sp³-hybridized carbons (Fsp3) is 0.261. The van der Waals surface area contributed by atoms with Gasteiger partial charge in [0, 0.05) is 35.1 Å². The van der Waals surface area contributed by atoms with Crippen LogP contribution in [0.1, 0.15) is 34.8 Å². The molecule has 0 aliphatic carbocycles. The third kappa shape index (κ3) is 4.50. The molecule has 0 radical (unpaired) electrons. The highest BCUT2D eigenvalue weighted by Crippen LogP contribution is 2.32. The van der Waals surface area contributed by atoms with E-state index in [1.54, 1.807) is 12.1 Å². The van der Waals surface area contributed by atoms with Gasteiger partial charge in [-0.15, -0.1) is 0 Å². The van der Waals surface area contributed by atoms with E-state index in [2.05, 4.69) is 20.2 Å². The number of carbonyl (C=O) groups excluding carboxylic acids is 1. The minimum atomic E-state index is -0.357. The zero-order valence-electron chi connectivity index (χ0n) is 16.4. The summed E-state index contributed by atoms with van der Waals surface area (Å²) in [6.45, 7) is 1.94. The Kier molecular flexibility index (Phi) is 6.35. The van der Waals surface area contributed by atoms with Gasteiger partial charge in [0.1, 0.15) is 5.82 Å². The van der Waals surface area contributed by atoms with Crippen molar-refractivity contribution in [2.24, 2.45) is 0 Å². The molecular weight excluding hydrogens is 403 g/mol. The van der Waals surface area contributed by atoms with Crippen LogP contribution in [0.15, 0.2) is 60.9 Å². The highest BCUT2D eigenvalue weighted by Gasteiger charge is 2.28. The van der Waals surface area contributed by atoms with E-state index in [0.29, 0.717) is 22.0 Å². The van der Waals surface area contributed by atoms with Crippen molar-refractivity contribution in [1.82, 2.24) is 20.2 Å². The largest absolute Gasteiger partial charge is 0.350 e. The van der Waals surface area contributed by atoms with Crippen molar-refractivity contribution in [3.63, 3.8) is 0 Å². The Bertz CT molecular complexity index is 987. The summed E-state index contributed by atoms with van der Waals surface area (Å²) < 4.78 is 14.6. The van der Waals surface area contributed by atoms with Gasteiger partial charge in [0.05, 0.1) is 11.6 Å². The number of hydrogen-bond donors (Lipinski definition) is 1.